The second kappa shape index (κ2) is 8.36. The van der Waals surface area contributed by atoms with Crippen LogP contribution >= 0.6 is 0 Å². The van der Waals surface area contributed by atoms with Gasteiger partial charge in [0.25, 0.3) is 11.8 Å². The van der Waals surface area contributed by atoms with Crippen LogP contribution in [0.1, 0.15) is 49.6 Å². The van der Waals surface area contributed by atoms with Crippen LogP contribution in [0.25, 0.3) is 0 Å². The first-order valence-corrected chi connectivity index (χ1v) is 7.88. The van der Waals surface area contributed by atoms with E-state index in [1.54, 1.807) is 13.0 Å². The first kappa shape index (κ1) is 17.1. The van der Waals surface area contributed by atoms with E-state index in [0.717, 1.165) is 25.7 Å². The molecule has 0 radical (unpaired) electrons. The van der Waals surface area contributed by atoms with E-state index in [1.165, 1.54) is 12.3 Å². The Morgan fingerprint density at radius 2 is 2.09 bits per heavy atom. The van der Waals surface area contributed by atoms with Crippen molar-refractivity contribution in [3.63, 3.8) is 0 Å². The largest absolute Gasteiger partial charge is 0.459 e. The fourth-order valence-electron chi connectivity index (χ4n) is 2.47. The Morgan fingerprint density at radius 3 is 2.74 bits per heavy atom. The molecular weight excluding hydrogens is 300 g/mol. The molecular formula is C16H22N2O5. The van der Waals surface area contributed by atoms with Gasteiger partial charge in [0.2, 0.25) is 0 Å². The molecule has 2 rings (SSSR count). The lowest BCUT2D eigenvalue weighted by molar-refractivity contribution is -0.154. The number of carbonyl (C=O) groups excluding carboxylic acids is 3. The lowest BCUT2D eigenvalue weighted by atomic mass is 10.2. The number of amides is 2. The van der Waals surface area contributed by atoms with Crippen molar-refractivity contribution in [1.29, 1.82) is 0 Å². The highest BCUT2D eigenvalue weighted by atomic mass is 16.5. The van der Waals surface area contributed by atoms with Gasteiger partial charge in [0, 0.05) is 12.6 Å². The Hall–Kier alpha value is -2.31. The topological polar surface area (TPSA) is 97.6 Å². The second-order valence-corrected chi connectivity index (χ2v) is 5.61. The normalized spacial score (nSPS) is 15.9. The number of hydrogen-bond donors (Lipinski definition) is 2. The minimum absolute atomic E-state index is 0.00645. The molecule has 1 saturated carbocycles. The zero-order chi connectivity index (χ0) is 16.7. The number of carbonyl (C=O) groups is 3. The number of hydrogen-bond acceptors (Lipinski definition) is 5. The Morgan fingerprint density at radius 1 is 1.35 bits per heavy atom. The predicted molar refractivity (Wildman–Crippen MR) is 81.6 cm³/mol. The molecule has 1 aromatic rings. The summed E-state index contributed by atoms with van der Waals surface area (Å²) in [5, 5.41) is 5.42. The highest BCUT2D eigenvalue weighted by molar-refractivity contribution is 5.91. The standard InChI is InChI=1S/C16H22N2O5/c1-11(15(20)18-12-5-2-3-6-12)23-14(19)8-9-17-16(21)13-7-4-10-22-13/h4,7,10-12H,2-3,5-6,8-9H2,1H3,(H,17,21)(H,18,20). The van der Waals surface area contributed by atoms with Crippen molar-refractivity contribution in [2.45, 2.75) is 51.2 Å². The molecule has 2 N–H and O–H groups in total. The van der Waals surface area contributed by atoms with Gasteiger partial charge < -0.3 is 19.8 Å². The summed E-state index contributed by atoms with van der Waals surface area (Å²) in [5.74, 6) is -1.01. The van der Waals surface area contributed by atoms with E-state index in [4.69, 9.17) is 9.15 Å². The molecule has 126 valence electrons. The molecule has 0 saturated heterocycles. The van der Waals surface area contributed by atoms with Crippen LogP contribution in [-0.4, -0.2) is 36.5 Å². The zero-order valence-electron chi connectivity index (χ0n) is 13.2. The summed E-state index contributed by atoms with van der Waals surface area (Å²) < 4.78 is 10.0. The molecule has 0 spiro atoms. The van der Waals surface area contributed by atoms with Gasteiger partial charge in [0.05, 0.1) is 12.7 Å². The fourth-order valence-corrected chi connectivity index (χ4v) is 2.47. The molecule has 1 atom stereocenters. The van der Waals surface area contributed by atoms with Crippen molar-refractivity contribution >= 4 is 17.8 Å². The number of ether oxygens (including phenoxy) is 1. The summed E-state index contributed by atoms with van der Waals surface area (Å²) in [5.41, 5.74) is 0. The third-order valence-electron chi connectivity index (χ3n) is 3.74. The van der Waals surface area contributed by atoms with Gasteiger partial charge in [-0.05, 0) is 31.9 Å². The number of esters is 1. The maximum absolute atomic E-state index is 11.9. The SMILES string of the molecule is CC(OC(=O)CCNC(=O)c1ccco1)C(=O)NC1CCCC1. The third-order valence-corrected chi connectivity index (χ3v) is 3.74. The monoisotopic (exact) mass is 322 g/mol. The van der Waals surface area contributed by atoms with E-state index in [-0.39, 0.29) is 30.7 Å². The Balaban J connectivity index is 1.63. The Labute approximate surface area is 134 Å². The average Bonchev–Trinajstić information content (AvgIpc) is 3.20. The number of nitrogens with one attached hydrogen (secondary N) is 2. The lowest BCUT2D eigenvalue weighted by Crippen LogP contribution is -2.41. The molecule has 7 heteroatoms. The molecule has 7 nitrogen and oxygen atoms in total. The van der Waals surface area contributed by atoms with Crippen LogP contribution in [0.2, 0.25) is 0 Å². The maximum atomic E-state index is 11.9. The smallest absolute Gasteiger partial charge is 0.308 e. The first-order chi connectivity index (χ1) is 11.1. The minimum atomic E-state index is -0.830. The summed E-state index contributed by atoms with van der Waals surface area (Å²) in [6.45, 7) is 1.67. The quantitative estimate of drug-likeness (QED) is 0.739. The van der Waals surface area contributed by atoms with E-state index < -0.39 is 18.0 Å². The molecule has 1 aliphatic carbocycles. The molecule has 1 unspecified atom stereocenters. The zero-order valence-corrected chi connectivity index (χ0v) is 13.2. The van der Waals surface area contributed by atoms with E-state index in [0.29, 0.717) is 0 Å². The Kier molecular flexibility index (Phi) is 6.19. The highest BCUT2D eigenvalue weighted by Crippen LogP contribution is 2.17. The van der Waals surface area contributed by atoms with Gasteiger partial charge in [0.15, 0.2) is 11.9 Å². The van der Waals surface area contributed by atoms with Crippen molar-refractivity contribution in [3.8, 4) is 0 Å². The average molecular weight is 322 g/mol. The molecule has 0 aliphatic heterocycles. The van der Waals surface area contributed by atoms with Crippen LogP contribution in [0.15, 0.2) is 22.8 Å². The number of furan rings is 1. The summed E-state index contributed by atoms with van der Waals surface area (Å²) in [6, 6.07) is 3.33. The molecule has 23 heavy (non-hydrogen) atoms. The lowest BCUT2D eigenvalue weighted by Gasteiger charge is -2.17. The van der Waals surface area contributed by atoms with Crippen LogP contribution < -0.4 is 10.6 Å². The van der Waals surface area contributed by atoms with Crippen molar-refractivity contribution in [3.05, 3.63) is 24.2 Å². The molecule has 1 aliphatic rings. The number of rotatable bonds is 7. The molecule has 0 bridgehead atoms. The fraction of sp³-hybridized carbons (Fsp3) is 0.562. The molecule has 0 aromatic carbocycles. The van der Waals surface area contributed by atoms with Crippen molar-refractivity contribution in [2.24, 2.45) is 0 Å². The second-order valence-electron chi connectivity index (χ2n) is 5.61. The summed E-state index contributed by atoms with van der Waals surface area (Å²) in [6.07, 6.45) is 4.75. The van der Waals surface area contributed by atoms with Crippen LogP contribution in [0, 0.1) is 0 Å². The van der Waals surface area contributed by atoms with Gasteiger partial charge >= 0.3 is 5.97 Å². The van der Waals surface area contributed by atoms with E-state index in [9.17, 15) is 14.4 Å². The maximum Gasteiger partial charge on any atom is 0.308 e. The molecule has 1 aromatic heterocycles. The van der Waals surface area contributed by atoms with Crippen molar-refractivity contribution in [1.82, 2.24) is 10.6 Å². The summed E-state index contributed by atoms with van der Waals surface area (Å²) in [4.78, 5) is 35.2. The van der Waals surface area contributed by atoms with Crippen LogP contribution in [-0.2, 0) is 14.3 Å². The summed E-state index contributed by atoms with van der Waals surface area (Å²) in [7, 11) is 0. The van der Waals surface area contributed by atoms with Gasteiger partial charge in [-0.3, -0.25) is 14.4 Å². The van der Waals surface area contributed by atoms with Crippen LogP contribution in [0.4, 0.5) is 0 Å². The van der Waals surface area contributed by atoms with E-state index in [2.05, 4.69) is 10.6 Å². The van der Waals surface area contributed by atoms with Crippen molar-refractivity contribution in [2.75, 3.05) is 6.54 Å². The van der Waals surface area contributed by atoms with Gasteiger partial charge in [0.1, 0.15) is 0 Å². The molecule has 2 amide bonds. The van der Waals surface area contributed by atoms with Gasteiger partial charge in [-0.15, -0.1) is 0 Å². The summed E-state index contributed by atoms with van der Waals surface area (Å²) >= 11 is 0. The van der Waals surface area contributed by atoms with Gasteiger partial charge in [-0.25, -0.2) is 0 Å². The molecule has 1 heterocycles. The minimum Gasteiger partial charge on any atom is -0.459 e. The predicted octanol–water partition coefficient (Wildman–Crippen LogP) is 1.39. The Bertz CT molecular complexity index is 535. The first-order valence-electron chi connectivity index (χ1n) is 7.88. The van der Waals surface area contributed by atoms with E-state index in [1.807, 2.05) is 0 Å². The van der Waals surface area contributed by atoms with Crippen molar-refractivity contribution < 1.29 is 23.5 Å². The van der Waals surface area contributed by atoms with Crippen LogP contribution in [0.5, 0.6) is 0 Å². The van der Waals surface area contributed by atoms with E-state index >= 15 is 0 Å². The third kappa shape index (κ3) is 5.43. The van der Waals surface area contributed by atoms with Gasteiger partial charge in [-0.1, -0.05) is 12.8 Å². The van der Waals surface area contributed by atoms with Gasteiger partial charge in [-0.2, -0.15) is 0 Å². The highest BCUT2D eigenvalue weighted by Gasteiger charge is 2.23. The van der Waals surface area contributed by atoms with Crippen LogP contribution in [0.3, 0.4) is 0 Å². The molecule has 1 fully saturated rings.